The van der Waals surface area contributed by atoms with E-state index in [4.69, 9.17) is 16.7 Å². The third-order valence-corrected chi connectivity index (χ3v) is 2.40. The molecule has 0 spiro atoms. The molecule has 1 N–H and O–H groups in total. The van der Waals surface area contributed by atoms with Crippen molar-refractivity contribution in [2.75, 3.05) is 0 Å². The van der Waals surface area contributed by atoms with Crippen molar-refractivity contribution in [1.82, 2.24) is 0 Å². The van der Waals surface area contributed by atoms with E-state index in [-0.39, 0.29) is 5.02 Å². The fraction of sp³-hybridized carbons (Fsp3) is 0.300. The summed E-state index contributed by atoms with van der Waals surface area (Å²) in [6.07, 6.45) is -3.84. The van der Waals surface area contributed by atoms with Crippen LogP contribution in [-0.2, 0) is 4.79 Å². The van der Waals surface area contributed by atoms with Gasteiger partial charge in [-0.3, -0.25) is 4.79 Å². The lowest BCUT2D eigenvalue weighted by Crippen LogP contribution is -2.16. The predicted octanol–water partition coefficient (Wildman–Crippen LogP) is 3.30. The van der Waals surface area contributed by atoms with Gasteiger partial charge < -0.3 is 5.11 Å². The van der Waals surface area contributed by atoms with Crippen molar-refractivity contribution >= 4 is 17.6 Å². The van der Waals surface area contributed by atoms with Gasteiger partial charge in [0.2, 0.25) is 6.43 Å². The van der Waals surface area contributed by atoms with Crippen LogP contribution < -0.4 is 0 Å². The molecule has 1 aromatic rings. The van der Waals surface area contributed by atoms with Gasteiger partial charge in [-0.05, 0) is 12.1 Å². The monoisotopic (exact) mass is 252 g/mol. The zero-order valence-corrected chi connectivity index (χ0v) is 8.72. The van der Waals surface area contributed by atoms with Gasteiger partial charge >= 0.3 is 5.97 Å². The number of hydrogen-bond donors (Lipinski definition) is 1. The van der Waals surface area contributed by atoms with Gasteiger partial charge in [0.25, 0.3) is 0 Å². The van der Waals surface area contributed by atoms with E-state index in [9.17, 15) is 18.0 Å². The summed E-state index contributed by atoms with van der Waals surface area (Å²) >= 11 is 5.59. The summed E-state index contributed by atoms with van der Waals surface area (Å²) in [6, 6.07) is 3.49. The predicted molar refractivity (Wildman–Crippen MR) is 52.4 cm³/mol. The quantitative estimate of drug-likeness (QED) is 0.893. The second kappa shape index (κ2) is 5.21. The molecule has 0 fully saturated rings. The molecule has 1 aromatic carbocycles. The highest BCUT2D eigenvalue weighted by Gasteiger charge is 2.29. The van der Waals surface area contributed by atoms with E-state index in [1.165, 1.54) is 12.1 Å². The normalized spacial score (nSPS) is 12.8. The van der Waals surface area contributed by atoms with Crippen LogP contribution in [0.5, 0.6) is 0 Å². The lowest BCUT2D eigenvalue weighted by atomic mass is 9.95. The molecule has 6 heteroatoms. The number of carboxylic acid groups (broad SMARTS) is 1. The number of rotatable bonds is 4. The summed E-state index contributed by atoms with van der Waals surface area (Å²) in [5, 5.41) is 8.29. The average Bonchev–Trinajstić information content (AvgIpc) is 2.15. The van der Waals surface area contributed by atoms with Crippen molar-refractivity contribution < 1.29 is 23.1 Å². The molecule has 0 saturated heterocycles. The first-order valence-electron chi connectivity index (χ1n) is 4.37. The fourth-order valence-corrected chi connectivity index (χ4v) is 1.67. The average molecular weight is 253 g/mol. The molecule has 0 radical (unpaired) electrons. The van der Waals surface area contributed by atoms with Gasteiger partial charge in [0.15, 0.2) is 0 Å². The molecule has 0 aliphatic rings. The molecule has 88 valence electrons. The van der Waals surface area contributed by atoms with E-state index in [2.05, 4.69) is 0 Å². The SMILES string of the molecule is O=C(O)CC(c1c(F)cccc1Cl)C(F)F. The molecule has 0 saturated carbocycles. The van der Waals surface area contributed by atoms with Crippen LogP contribution in [-0.4, -0.2) is 17.5 Å². The zero-order chi connectivity index (χ0) is 12.3. The van der Waals surface area contributed by atoms with Crippen LogP contribution in [0.3, 0.4) is 0 Å². The molecule has 16 heavy (non-hydrogen) atoms. The number of carboxylic acids is 1. The summed E-state index contributed by atoms with van der Waals surface area (Å²) in [5.41, 5.74) is -0.443. The number of hydrogen-bond acceptors (Lipinski definition) is 1. The maximum Gasteiger partial charge on any atom is 0.304 e. The van der Waals surface area contributed by atoms with Crippen molar-refractivity contribution in [3.05, 3.63) is 34.6 Å². The number of aliphatic carboxylic acids is 1. The van der Waals surface area contributed by atoms with Gasteiger partial charge in [-0.15, -0.1) is 0 Å². The molecule has 0 aromatic heterocycles. The van der Waals surface area contributed by atoms with Crippen LogP contribution in [0.1, 0.15) is 17.9 Å². The molecule has 1 atom stereocenters. The highest BCUT2D eigenvalue weighted by atomic mass is 35.5. The number of carbonyl (C=O) groups is 1. The smallest absolute Gasteiger partial charge is 0.304 e. The second-order valence-corrected chi connectivity index (χ2v) is 3.58. The Balaban J connectivity index is 3.15. The minimum atomic E-state index is -2.98. The van der Waals surface area contributed by atoms with Gasteiger partial charge in [-0.1, -0.05) is 17.7 Å². The third-order valence-electron chi connectivity index (χ3n) is 2.07. The van der Waals surface area contributed by atoms with Crippen LogP contribution in [0.15, 0.2) is 18.2 Å². The maximum atomic E-state index is 13.3. The molecule has 0 aliphatic heterocycles. The van der Waals surface area contributed by atoms with Crippen molar-refractivity contribution in [3.63, 3.8) is 0 Å². The van der Waals surface area contributed by atoms with Gasteiger partial charge in [0, 0.05) is 10.6 Å². The maximum absolute atomic E-state index is 13.3. The van der Waals surface area contributed by atoms with E-state index in [1.54, 1.807) is 0 Å². The van der Waals surface area contributed by atoms with Gasteiger partial charge in [0.05, 0.1) is 12.3 Å². The van der Waals surface area contributed by atoms with E-state index >= 15 is 0 Å². The van der Waals surface area contributed by atoms with Gasteiger partial charge in [-0.2, -0.15) is 0 Å². The Labute approximate surface area is 94.6 Å². The van der Waals surface area contributed by atoms with Crippen LogP contribution in [0.2, 0.25) is 5.02 Å². The summed E-state index contributed by atoms with van der Waals surface area (Å²) in [4.78, 5) is 10.4. The fourth-order valence-electron chi connectivity index (χ4n) is 1.37. The van der Waals surface area contributed by atoms with Crippen LogP contribution in [0.4, 0.5) is 13.2 Å². The first-order chi connectivity index (χ1) is 7.43. The second-order valence-electron chi connectivity index (χ2n) is 3.17. The Morgan fingerprint density at radius 1 is 1.44 bits per heavy atom. The highest BCUT2D eigenvalue weighted by molar-refractivity contribution is 6.31. The van der Waals surface area contributed by atoms with Crippen LogP contribution >= 0.6 is 11.6 Å². The molecule has 0 aliphatic carbocycles. The lowest BCUT2D eigenvalue weighted by molar-refractivity contribution is -0.138. The number of halogens is 4. The van der Waals surface area contributed by atoms with E-state index in [1.807, 2.05) is 0 Å². The standard InChI is InChI=1S/C10H8ClF3O2/c11-6-2-1-3-7(12)9(6)5(10(13)14)4-8(15)16/h1-3,5,10H,4H2,(H,15,16). The summed E-state index contributed by atoms with van der Waals surface area (Å²) in [5.74, 6) is -4.07. The Hall–Kier alpha value is -1.23. The lowest BCUT2D eigenvalue weighted by Gasteiger charge is -2.16. The molecular formula is C10H8ClF3O2. The topological polar surface area (TPSA) is 37.3 Å². The third kappa shape index (κ3) is 2.88. The first kappa shape index (κ1) is 12.8. The van der Waals surface area contributed by atoms with Crippen LogP contribution in [0, 0.1) is 5.82 Å². The van der Waals surface area contributed by atoms with Gasteiger partial charge in [0.1, 0.15) is 5.82 Å². The molecule has 1 unspecified atom stereocenters. The Morgan fingerprint density at radius 2 is 2.06 bits per heavy atom. The van der Waals surface area contributed by atoms with E-state index in [0.29, 0.717) is 0 Å². The molecule has 0 bridgehead atoms. The number of alkyl halides is 2. The molecular weight excluding hydrogens is 245 g/mol. The Bertz CT molecular complexity index is 375. The summed E-state index contributed by atoms with van der Waals surface area (Å²) in [7, 11) is 0. The van der Waals surface area contributed by atoms with Crippen molar-refractivity contribution in [1.29, 1.82) is 0 Å². The Morgan fingerprint density at radius 3 is 2.50 bits per heavy atom. The van der Waals surface area contributed by atoms with Crippen LogP contribution in [0.25, 0.3) is 0 Å². The summed E-state index contributed by atoms with van der Waals surface area (Å²) in [6.45, 7) is 0. The molecule has 2 nitrogen and oxygen atoms in total. The zero-order valence-electron chi connectivity index (χ0n) is 7.96. The highest BCUT2D eigenvalue weighted by Crippen LogP contribution is 2.33. The molecule has 1 rings (SSSR count). The van der Waals surface area contributed by atoms with Crippen molar-refractivity contribution in [2.24, 2.45) is 0 Å². The van der Waals surface area contributed by atoms with E-state index in [0.717, 1.165) is 6.07 Å². The van der Waals surface area contributed by atoms with Crippen molar-refractivity contribution in [3.8, 4) is 0 Å². The minimum absolute atomic E-state index is 0.188. The summed E-state index contributed by atoms with van der Waals surface area (Å²) < 4.78 is 38.5. The van der Waals surface area contributed by atoms with Gasteiger partial charge in [-0.25, -0.2) is 13.2 Å². The first-order valence-corrected chi connectivity index (χ1v) is 4.75. The number of benzene rings is 1. The molecule has 0 amide bonds. The minimum Gasteiger partial charge on any atom is -0.481 e. The van der Waals surface area contributed by atoms with Crippen molar-refractivity contribution in [2.45, 2.75) is 18.8 Å². The van der Waals surface area contributed by atoms with E-state index < -0.39 is 36.1 Å². The Kier molecular flexibility index (Phi) is 4.18. The molecule has 0 heterocycles. The largest absolute Gasteiger partial charge is 0.481 e.